The molecule has 0 amide bonds. The predicted octanol–water partition coefficient (Wildman–Crippen LogP) is 2.25. The Morgan fingerprint density at radius 2 is 2.04 bits per heavy atom. The van der Waals surface area contributed by atoms with Crippen LogP contribution in [-0.2, 0) is 23.6 Å². The van der Waals surface area contributed by atoms with E-state index in [0.717, 1.165) is 31.2 Å². The lowest BCUT2D eigenvalue weighted by Gasteiger charge is -2.28. The Bertz CT molecular complexity index is 808. The third-order valence-electron chi connectivity index (χ3n) is 4.63. The number of hydrogen-bond donors (Lipinski definition) is 0. The molecule has 1 fully saturated rings. The Balaban J connectivity index is 2.03. The molecule has 0 aliphatic carbocycles. The van der Waals surface area contributed by atoms with E-state index in [4.69, 9.17) is 0 Å². The molecular formula is C16H25N5O2S. The second-order valence-electron chi connectivity index (χ2n) is 6.36. The maximum atomic E-state index is 13.3. The lowest BCUT2D eigenvalue weighted by Crippen LogP contribution is -2.35. The van der Waals surface area contributed by atoms with Crippen LogP contribution >= 0.6 is 0 Å². The average molecular weight is 351 g/mol. The Morgan fingerprint density at radius 1 is 1.25 bits per heavy atom. The first-order valence-electron chi connectivity index (χ1n) is 8.48. The molecule has 1 aliphatic rings. The highest BCUT2D eigenvalue weighted by molar-refractivity contribution is 7.89. The smallest absolute Gasteiger partial charge is 0.247 e. The van der Waals surface area contributed by atoms with Crippen molar-refractivity contribution in [1.82, 2.24) is 23.9 Å². The van der Waals surface area contributed by atoms with E-state index in [1.165, 1.54) is 0 Å². The minimum Gasteiger partial charge on any atom is -0.275 e. The van der Waals surface area contributed by atoms with Gasteiger partial charge in [0.05, 0.1) is 17.9 Å². The molecule has 2 aromatic heterocycles. The predicted molar refractivity (Wildman–Crippen MR) is 90.9 cm³/mol. The number of aryl methyl sites for hydroxylation is 3. The largest absolute Gasteiger partial charge is 0.275 e. The summed E-state index contributed by atoms with van der Waals surface area (Å²) in [4.78, 5) is 0.320. The highest BCUT2D eigenvalue weighted by Crippen LogP contribution is 2.35. The van der Waals surface area contributed by atoms with Crippen molar-refractivity contribution >= 4 is 10.0 Å². The van der Waals surface area contributed by atoms with E-state index in [-0.39, 0.29) is 6.04 Å². The zero-order valence-corrected chi connectivity index (χ0v) is 15.3. The fraction of sp³-hybridized carbons (Fsp3) is 0.625. The number of nitrogens with zero attached hydrogens (tertiary/aromatic N) is 5. The lowest BCUT2D eigenvalue weighted by atomic mass is 10.1. The Kier molecular flexibility index (Phi) is 4.78. The molecule has 0 N–H and O–H groups in total. The van der Waals surface area contributed by atoms with E-state index in [1.807, 2.05) is 20.2 Å². The Labute approximate surface area is 143 Å². The minimum absolute atomic E-state index is 0.157. The molecule has 0 unspecified atom stereocenters. The van der Waals surface area contributed by atoms with Gasteiger partial charge >= 0.3 is 0 Å². The zero-order chi connectivity index (χ0) is 17.3. The first-order chi connectivity index (χ1) is 11.4. The van der Waals surface area contributed by atoms with Gasteiger partial charge in [0.1, 0.15) is 4.90 Å². The summed E-state index contributed by atoms with van der Waals surface area (Å²) in [5.41, 5.74) is 1.52. The van der Waals surface area contributed by atoms with Gasteiger partial charge in [-0.2, -0.15) is 14.5 Å². The van der Waals surface area contributed by atoms with Gasteiger partial charge in [0.15, 0.2) is 0 Å². The van der Waals surface area contributed by atoms with Crippen molar-refractivity contribution in [3.05, 3.63) is 29.8 Å². The molecule has 7 nitrogen and oxygen atoms in total. The topological polar surface area (TPSA) is 73.0 Å². The van der Waals surface area contributed by atoms with E-state index >= 15 is 0 Å². The number of aromatic nitrogens is 4. The van der Waals surface area contributed by atoms with Crippen LogP contribution in [0.15, 0.2) is 23.5 Å². The van der Waals surface area contributed by atoms with Gasteiger partial charge in [-0.15, -0.1) is 0 Å². The van der Waals surface area contributed by atoms with E-state index < -0.39 is 10.0 Å². The van der Waals surface area contributed by atoms with E-state index in [0.29, 0.717) is 23.7 Å². The van der Waals surface area contributed by atoms with Crippen LogP contribution in [-0.4, -0.2) is 38.8 Å². The number of sulfonamides is 1. The summed E-state index contributed by atoms with van der Waals surface area (Å²) in [7, 11) is -1.72. The van der Waals surface area contributed by atoms with Crippen molar-refractivity contribution in [2.24, 2.45) is 7.05 Å². The van der Waals surface area contributed by atoms with E-state index in [2.05, 4.69) is 10.2 Å². The van der Waals surface area contributed by atoms with Crippen molar-refractivity contribution in [2.45, 2.75) is 57.0 Å². The molecule has 1 saturated heterocycles. The van der Waals surface area contributed by atoms with Crippen molar-refractivity contribution in [1.29, 1.82) is 0 Å². The minimum atomic E-state index is -3.58. The van der Waals surface area contributed by atoms with Gasteiger partial charge in [0, 0.05) is 38.1 Å². The molecule has 24 heavy (non-hydrogen) atoms. The van der Waals surface area contributed by atoms with Crippen LogP contribution in [0.25, 0.3) is 0 Å². The maximum absolute atomic E-state index is 13.3. The van der Waals surface area contributed by atoms with Crippen LogP contribution in [0.4, 0.5) is 0 Å². The molecule has 1 aliphatic heterocycles. The van der Waals surface area contributed by atoms with Crippen LogP contribution in [0.1, 0.15) is 49.9 Å². The van der Waals surface area contributed by atoms with Crippen molar-refractivity contribution in [3.63, 3.8) is 0 Å². The van der Waals surface area contributed by atoms with Crippen LogP contribution in [0.5, 0.6) is 0 Å². The van der Waals surface area contributed by atoms with Gasteiger partial charge < -0.3 is 0 Å². The first kappa shape index (κ1) is 17.2. The molecule has 0 spiro atoms. The summed E-state index contributed by atoms with van der Waals surface area (Å²) in [6, 6.07) is -0.157. The van der Waals surface area contributed by atoms with Gasteiger partial charge in [-0.05, 0) is 26.7 Å². The monoisotopic (exact) mass is 351 g/mol. The SMILES string of the molecule is CCn1cc(S(=O)(=O)N2CCCCC[C@@H]2c2cnn(C)c2)c(C)n1. The molecule has 0 aromatic carbocycles. The molecule has 0 saturated carbocycles. The van der Waals surface area contributed by atoms with Gasteiger partial charge in [0.25, 0.3) is 0 Å². The molecule has 0 bridgehead atoms. The van der Waals surface area contributed by atoms with Gasteiger partial charge in [-0.25, -0.2) is 8.42 Å². The van der Waals surface area contributed by atoms with Gasteiger partial charge in [-0.1, -0.05) is 12.8 Å². The highest BCUT2D eigenvalue weighted by atomic mass is 32.2. The molecule has 0 radical (unpaired) electrons. The van der Waals surface area contributed by atoms with Crippen LogP contribution in [0.3, 0.4) is 0 Å². The van der Waals surface area contributed by atoms with Crippen LogP contribution < -0.4 is 0 Å². The summed E-state index contributed by atoms with van der Waals surface area (Å²) < 4.78 is 31.7. The van der Waals surface area contributed by atoms with E-state index in [9.17, 15) is 8.42 Å². The third kappa shape index (κ3) is 3.12. The fourth-order valence-electron chi connectivity index (χ4n) is 3.36. The first-order valence-corrected chi connectivity index (χ1v) is 9.92. The van der Waals surface area contributed by atoms with Crippen molar-refractivity contribution < 1.29 is 8.42 Å². The Morgan fingerprint density at radius 3 is 2.67 bits per heavy atom. The lowest BCUT2D eigenvalue weighted by molar-refractivity contribution is 0.328. The summed E-state index contributed by atoms with van der Waals surface area (Å²) in [6.45, 7) is 4.91. The second kappa shape index (κ2) is 6.68. The van der Waals surface area contributed by atoms with E-state index in [1.54, 1.807) is 33.0 Å². The summed E-state index contributed by atoms with van der Waals surface area (Å²) >= 11 is 0. The molecule has 3 heterocycles. The van der Waals surface area contributed by atoms with Gasteiger partial charge in [-0.3, -0.25) is 9.36 Å². The summed E-state index contributed by atoms with van der Waals surface area (Å²) in [5.74, 6) is 0. The van der Waals surface area contributed by atoms with Crippen LogP contribution in [0.2, 0.25) is 0 Å². The molecule has 132 valence electrons. The quantitative estimate of drug-likeness (QED) is 0.847. The van der Waals surface area contributed by atoms with Crippen LogP contribution in [0, 0.1) is 6.92 Å². The summed E-state index contributed by atoms with van der Waals surface area (Å²) in [6.07, 6.45) is 9.13. The summed E-state index contributed by atoms with van der Waals surface area (Å²) in [5, 5.41) is 8.54. The number of hydrogen-bond acceptors (Lipinski definition) is 4. The van der Waals surface area contributed by atoms with Crippen molar-refractivity contribution in [3.8, 4) is 0 Å². The number of rotatable bonds is 4. The molecule has 3 rings (SSSR count). The zero-order valence-electron chi connectivity index (χ0n) is 14.5. The Hall–Kier alpha value is -1.67. The highest BCUT2D eigenvalue weighted by Gasteiger charge is 2.35. The molecule has 1 atom stereocenters. The molecule has 2 aromatic rings. The second-order valence-corrected chi connectivity index (χ2v) is 8.22. The standard InChI is InChI=1S/C16H25N5O2S/c1-4-20-12-16(13(2)18-20)24(22,23)21-9-7-5-6-8-15(21)14-10-17-19(3)11-14/h10-12,15H,4-9H2,1-3H3/t15-/m1/s1. The normalized spacial score (nSPS) is 20.2. The van der Waals surface area contributed by atoms with Gasteiger partial charge in [0.2, 0.25) is 10.0 Å². The fourth-order valence-corrected chi connectivity index (χ4v) is 5.21. The molecular weight excluding hydrogens is 326 g/mol. The molecule has 8 heteroatoms. The van der Waals surface area contributed by atoms with Crippen molar-refractivity contribution in [2.75, 3.05) is 6.54 Å². The maximum Gasteiger partial charge on any atom is 0.247 e. The average Bonchev–Trinajstić information content (AvgIpc) is 3.04. The third-order valence-corrected chi connectivity index (χ3v) is 6.64.